The second-order valence-electron chi connectivity index (χ2n) is 11.1. The van der Waals surface area contributed by atoms with Crippen LogP contribution in [0.25, 0.3) is 0 Å². The molecule has 0 bridgehead atoms. The first-order chi connectivity index (χ1) is 21.5. The topological polar surface area (TPSA) is 98.8 Å². The number of carbonyl (C=O) groups is 2. The number of nitrogens with zero attached hydrogens (tertiary/aromatic N) is 3. The molecule has 0 spiro atoms. The van der Waals surface area contributed by atoms with E-state index in [9.17, 15) is 27.2 Å². The predicted octanol–water partition coefficient (Wildman–Crippen LogP) is 3.98. The minimum atomic E-state index is -4.76. The number of piperazine rings is 1. The first-order valence-corrected chi connectivity index (χ1v) is 15.2. The molecule has 2 fully saturated rings. The van der Waals surface area contributed by atoms with Crippen LogP contribution in [0.4, 0.5) is 17.6 Å². The van der Waals surface area contributed by atoms with E-state index >= 15 is 0 Å². The molecule has 4 heterocycles. The van der Waals surface area contributed by atoms with Gasteiger partial charge in [0.05, 0.1) is 22.9 Å². The summed E-state index contributed by atoms with van der Waals surface area (Å²) in [6, 6.07) is 5.58. The molecule has 2 aromatic rings. The molecule has 45 heavy (non-hydrogen) atoms. The predicted molar refractivity (Wildman–Crippen MR) is 160 cm³/mol. The maximum absolute atomic E-state index is 14.5. The number of allylic oxidation sites excluding steroid dienone is 1. The lowest BCUT2D eigenvalue weighted by molar-refractivity contribution is -0.138. The first-order valence-electron chi connectivity index (χ1n) is 14.8. The minimum absolute atomic E-state index is 0.0970. The zero-order chi connectivity index (χ0) is 32.4. The monoisotopic (exact) mass is 650 g/mol. The van der Waals surface area contributed by atoms with E-state index in [0.29, 0.717) is 24.3 Å². The zero-order valence-corrected chi connectivity index (χ0v) is 25.6. The van der Waals surface area contributed by atoms with Crippen molar-refractivity contribution < 1.29 is 31.9 Å². The number of halogens is 5. The van der Waals surface area contributed by atoms with Gasteiger partial charge in [0.2, 0.25) is 0 Å². The number of aromatic nitrogens is 1. The van der Waals surface area contributed by atoms with Gasteiger partial charge in [-0.2, -0.15) is 13.2 Å². The van der Waals surface area contributed by atoms with Crippen LogP contribution in [-0.4, -0.2) is 84.2 Å². The van der Waals surface area contributed by atoms with Gasteiger partial charge in [0.1, 0.15) is 11.9 Å². The standard InChI is InChI=1S/C31H35ClF4N6O3/c1-3-21-18-41(29(44)22-8-7-20(32)14-23(22)31(34,35)36)12-13-42(21)26-9-10-30(45-4-2,19-6-5-11-37-15-19)40-27(26)28(43)39-25-17-38-16-24(25)33/h5-11,14-15,21,24-25,38,40H,3-4,12-13,16-18H2,1-2H3,(H,39,43)/t21-,24-,25-,30?/m1/s1. The van der Waals surface area contributed by atoms with Crippen LogP contribution in [0.1, 0.15) is 41.8 Å². The van der Waals surface area contributed by atoms with E-state index in [4.69, 9.17) is 16.3 Å². The van der Waals surface area contributed by atoms with Crippen LogP contribution >= 0.6 is 11.6 Å². The Morgan fingerprint density at radius 2 is 2.00 bits per heavy atom. The van der Waals surface area contributed by atoms with E-state index in [1.165, 1.54) is 11.0 Å². The van der Waals surface area contributed by atoms with Crippen LogP contribution in [-0.2, 0) is 21.4 Å². The molecule has 9 nitrogen and oxygen atoms in total. The third-order valence-corrected chi connectivity index (χ3v) is 8.49. The van der Waals surface area contributed by atoms with Crippen molar-refractivity contribution >= 4 is 23.4 Å². The van der Waals surface area contributed by atoms with Gasteiger partial charge in [0.15, 0.2) is 5.72 Å². The molecule has 14 heteroatoms. The molecule has 2 amide bonds. The summed E-state index contributed by atoms with van der Waals surface area (Å²) in [4.78, 5) is 34.8. The maximum atomic E-state index is 14.5. The number of nitrogens with one attached hydrogen (secondary N) is 3. The second-order valence-corrected chi connectivity index (χ2v) is 11.5. The van der Waals surface area contributed by atoms with Gasteiger partial charge in [0.25, 0.3) is 11.8 Å². The summed E-state index contributed by atoms with van der Waals surface area (Å²) in [7, 11) is 0. The van der Waals surface area contributed by atoms with Crippen molar-refractivity contribution in [3.8, 4) is 0 Å². The molecular formula is C31H35ClF4N6O3. The van der Waals surface area contributed by atoms with Gasteiger partial charge in [-0.25, -0.2) is 4.39 Å². The molecule has 242 valence electrons. The second kappa shape index (κ2) is 13.4. The fourth-order valence-electron chi connectivity index (χ4n) is 5.97. The number of alkyl halides is 4. The van der Waals surface area contributed by atoms with Crippen LogP contribution in [0.2, 0.25) is 5.02 Å². The molecule has 1 aromatic heterocycles. The normalized spacial score (nSPS) is 25.4. The number of rotatable bonds is 8. The molecule has 5 rings (SSSR count). The number of benzene rings is 1. The molecule has 0 aliphatic carbocycles. The van der Waals surface area contributed by atoms with Gasteiger partial charge in [-0.1, -0.05) is 24.6 Å². The maximum Gasteiger partial charge on any atom is 0.417 e. The molecular weight excluding hydrogens is 616 g/mol. The Labute approximate surface area is 263 Å². The lowest BCUT2D eigenvalue weighted by Gasteiger charge is -2.46. The average Bonchev–Trinajstić information content (AvgIpc) is 3.44. The Bertz CT molecular complexity index is 1470. The van der Waals surface area contributed by atoms with Gasteiger partial charge >= 0.3 is 6.18 Å². The van der Waals surface area contributed by atoms with Gasteiger partial charge < -0.3 is 30.5 Å². The number of hydrogen-bond donors (Lipinski definition) is 3. The largest absolute Gasteiger partial charge is 0.417 e. The summed E-state index contributed by atoms with van der Waals surface area (Å²) in [5.74, 6) is -1.29. The van der Waals surface area contributed by atoms with Crippen molar-refractivity contribution in [1.82, 2.24) is 30.7 Å². The van der Waals surface area contributed by atoms with Gasteiger partial charge in [-0.05, 0) is 49.8 Å². The van der Waals surface area contributed by atoms with Crippen molar-refractivity contribution in [3.63, 3.8) is 0 Å². The van der Waals surface area contributed by atoms with Crippen LogP contribution in [0.15, 0.2) is 66.3 Å². The average molecular weight is 651 g/mol. The highest BCUT2D eigenvalue weighted by Gasteiger charge is 2.42. The summed E-state index contributed by atoms with van der Waals surface area (Å²) in [6.45, 7) is 4.83. The lowest BCUT2D eigenvalue weighted by atomic mass is 9.97. The SMILES string of the molecule is CCOC1(c2cccnc2)C=CC(N2CCN(C(=O)c3ccc(Cl)cc3C(F)(F)F)C[C@H]2CC)=C(C(=O)N[C@@H]2CNC[C@H]2F)N1. The van der Waals surface area contributed by atoms with Gasteiger partial charge in [-0.3, -0.25) is 14.6 Å². The van der Waals surface area contributed by atoms with Crippen molar-refractivity contribution in [2.75, 3.05) is 39.3 Å². The quantitative estimate of drug-likeness (QED) is 0.372. The Morgan fingerprint density at radius 1 is 1.20 bits per heavy atom. The number of amides is 2. The fourth-order valence-corrected chi connectivity index (χ4v) is 6.14. The van der Waals surface area contributed by atoms with E-state index < -0.39 is 47.1 Å². The van der Waals surface area contributed by atoms with Crippen molar-refractivity contribution in [3.05, 3.63) is 88.0 Å². The molecule has 1 unspecified atom stereocenters. The molecule has 0 saturated carbocycles. The number of pyridine rings is 1. The highest BCUT2D eigenvalue weighted by molar-refractivity contribution is 6.30. The molecule has 2 saturated heterocycles. The summed E-state index contributed by atoms with van der Waals surface area (Å²) >= 11 is 5.83. The Balaban J connectivity index is 1.47. The van der Waals surface area contributed by atoms with Crippen molar-refractivity contribution in [2.24, 2.45) is 0 Å². The van der Waals surface area contributed by atoms with E-state index in [2.05, 4.69) is 20.9 Å². The zero-order valence-electron chi connectivity index (χ0n) is 24.8. The number of ether oxygens (including phenoxy) is 1. The van der Waals surface area contributed by atoms with Crippen molar-refractivity contribution in [1.29, 1.82) is 0 Å². The van der Waals surface area contributed by atoms with Crippen LogP contribution in [0.5, 0.6) is 0 Å². The Hall–Kier alpha value is -3.68. The van der Waals surface area contributed by atoms with E-state index in [1.54, 1.807) is 30.6 Å². The highest BCUT2D eigenvalue weighted by Crippen LogP contribution is 2.36. The van der Waals surface area contributed by atoms with E-state index in [1.807, 2.05) is 24.8 Å². The summed E-state index contributed by atoms with van der Waals surface area (Å²) in [5, 5.41) is 8.88. The molecule has 0 radical (unpaired) electrons. The van der Waals surface area contributed by atoms with Gasteiger partial charge in [-0.15, -0.1) is 0 Å². The number of dihydropyridines is 1. The Kier molecular flexibility index (Phi) is 9.71. The minimum Gasteiger partial charge on any atom is -0.363 e. The van der Waals surface area contributed by atoms with E-state index in [-0.39, 0.29) is 49.5 Å². The summed E-state index contributed by atoms with van der Waals surface area (Å²) in [6.07, 6.45) is 1.27. The third kappa shape index (κ3) is 6.80. The lowest BCUT2D eigenvalue weighted by Crippen LogP contribution is -2.57. The van der Waals surface area contributed by atoms with Crippen LogP contribution in [0, 0.1) is 0 Å². The molecule has 3 aliphatic rings. The fraction of sp³-hybridized carbons (Fsp3) is 0.452. The highest BCUT2D eigenvalue weighted by atomic mass is 35.5. The van der Waals surface area contributed by atoms with Gasteiger partial charge in [0, 0.05) is 68.4 Å². The molecule has 4 atom stereocenters. The molecule has 3 aliphatic heterocycles. The first kappa shape index (κ1) is 32.7. The smallest absolute Gasteiger partial charge is 0.363 e. The summed E-state index contributed by atoms with van der Waals surface area (Å²) < 4.78 is 62.1. The third-order valence-electron chi connectivity index (χ3n) is 8.26. The van der Waals surface area contributed by atoms with E-state index in [0.717, 1.165) is 12.1 Å². The summed E-state index contributed by atoms with van der Waals surface area (Å²) in [5.41, 5.74) is -1.53. The number of carbonyl (C=O) groups excluding carboxylic acids is 2. The number of hydrogen-bond acceptors (Lipinski definition) is 7. The molecule has 3 N–H and O–H groups in total. The van der Waals surface area contributed by atoms with Crippen molar-refractivity contribution in [2.45, 2.75) is 50.4 Å². The molecule has 1 aromatic carbocycles. The Morgan fingerprint density at radius 3 is 2.64 bits per heavy atom. The van der Waals surface area contributed by atoms with Crippen LogP contribution < -0.4 is 16.0 Å². The van der Waals surface area contributed by atoms with Crippen LogP contribution in [0.3, 0.4) is 0 Å².